The van der Waals surface area contributed by atoms with Gasteiger partial charge < -0.3 is 25.3 Å². The Morgan fingerprint density at radius 1 is 1.55 bits per heavy atom. The molecule has 7 heteroatoms. The Morgan fingerprint density at radius 3 is 2.85 bits per heavy atom. The Hall–Kier alpha value is -1.34. The summed E-state index contributed by atoms with van der Waals surface area (Å²) in [6, 6.07) is 0. The lowest BCUT2D eigenvalue weighted by Crippen LogP contribution is -2.53. The molecule has 0 aliphatic carbocycles. The Labute approximate surface area is 118 Å². The summed E-state index contributed by atoms with van der Waals surface area (Å²) in [7, 11) is 1.67. The van der Waals surface area contributed by atoms with E-state index >= 15 is 0 Å². The first-order valence-electron chi connectivity index (χ1n) is 6.98. The maximum Gasteiger partial charge on any atom is 0.236 e. The summed E-state index contributed by atoms with van der Waals surface area (Å²) in [6.07, 6.45) is 1.86. The van der Waals surface area contributed by atoms with E-state index in [1.807, 2.05) is 4.90 Å². The molecular weight excluding hydrogens is 262 g/mol. The number of nitrogens with two attached hydrogens (primary N) is 1. The molecule has 2 fully saturated rings. The van der Waals surface area contributed by atoms with E-state index < -0.39 is 5.41 Å². The van der Waals surface area contributed by atoms with Gasteiger partial charge in [-0.3, -0.25) is 4.79 Å². The molecule has 7 nitrogen and oxygen atoms in total. The molecule has 0 aromatic rings. The van der Waals surface area contributed by atoms with Crippen molar-refractivity contribution in [2.45, 2.75) is 19.3 Å². The number of methoxy groups -OCH3 is 1. The number of carbonyl (C=O) groups excluding carboxylic acids is 1. The van der Waals surface area contributed by atoms with Gasteiger partial charge in [0.15, 0.2) is 5.84 Å². The van der Waals surface area contributed by atoms with Crippen LogP contribution >= 0.6 is 0 Å². The quantitative estimate of drug-likeness (QED) is 0.328. The second-order valence-corrected chi connectivity index (χ2v) is 5.54. The molecule has 0 bridgehead atoms. The van der Waals surface area contributed by atoms with Crippen molar-refractivity contribution in [2.75, 3.05) is 40.0 Å². The fraction of sp³-hybridized carbons (Fsp3) is 0.846. The minimum atomic E-state index is -0.908. The van der Waals surface area contributed by atoms with Gasteiger partial charge in [-0.05, 0) is 19.3 Å². The van der Waals surface area contributed by atoms with E-state index in [-0.39, 0.29) is 11.7 Å². The molecule has 114 valence electrons. The maximum absolute atomic E-state index is 12.8. The number of hydrogen-bond acceptors (Lipinski definition) is 5. The van der Waals surface area contributed by atoms with Crippen molar-refractivity contribution in [3.63, 3.8) is 0 Å². The van der Waals surface area contributed by atoms with Gasteiger partial charge in [-0.1, -0.05) is 5.16 Å². The third-order valence-corrected chi connectivity index (χ3v) is 4.33. The summed E-state index contributed by atoms with van der Waals surface area (Å²) < 4.78 is 10.5. The van der Waals surface area contributed by atoms with Crippen LogP contribution in [0.5, 0.6) is 0 Å². The van der Waals surface area contributed by atoms with Gasteiger partial charge in [-0.25, -0.2) is 0 Å². The van der Waals surface area contributed by atoms with Crippen LogP contribution in [0.3, 0.4) is 0 Å². The number of ether oxygens (including phenoxy) is 2. The number of amides is 1. The summed E-state index contributed by atoms with van der Waals surface area (Å²) in [6.45, 7) is 2.94. The number of rotatable bonds is 4. The highest BCUT2D eigenvalue weighted by Gasteiger charge is 2.47. The lowest BCUT2D eigenvalue weighted by atomic mass is 9.77. The van der Waals surface area contributed by atoms with E-state index in [0.29, 0.717) is 51.7 Å². The molecule has 2 heterocycles. The summed E-state index contributed by atoms with van der Waals surface area (Å²) in [5, 5.41) is 12.1. The highest BCUT2D eigenvalue weighted by molar-refractivity contribution is 6.06. The molecule has 0 aromatic heterocycles. The normalized spacial score (nSPS) is 26.8. The van der Waals surface area contributed by atoms with E-state index in [1.165, 1.54) is 0 Å². The molecule has 2 rings (SSSR count). The van der Waals surface area contributed by atoms with Crippen LogP contribution in [-0.2, 0) is 14.3 Å². The van der Waals surface area contributed by atoms with Crippen LogP contribution in [-0.4, -0.2) is 61.9 Å². The number of likely N-dealkylation sites (tertiary alicyclic amines) is 1. The zero-order chi connectivity index (χ0) is 14.6. The van der Waals surface area contributed by atoms with Crippen LogP contribution in [0.15, 0.2) is 5.16 Å². The van der Waals surface area contributed by atoms with Gasteiger partial charge in [-0.15, -0.1) is 0 Å². The summed E-state index contributed by atoms with van der Waals surface area (Å²) >= 11 is 0. The van der Waals surface area contributed by atoms with Crippen molar-refractivity contribution in [3.8, 4) is 0 Å². The van der Waals surface area contributed by atoms with Crippen molar-refractivity contribution in [1.82, 2.24) is 4.90 Å². The average Bonchev–Trinajstić information content (AvgIpc) is 2.95. The van der Waals surface area contributed by atoms with Gasteiger partial charge in [0.1, 0.15) is 5.41 Å². The molecular formula is C13H23N3O4. The second kappa shape index (κ2) is 6.41. The SMILES string of the molecule is COCC1CCN(C(=O)C2(C(N)=NO)CCOCC2)C1. The minimum Gasteiger partial charge on any atom is -0.409 e. The first-order chi connectivity index (χ1) is 9.64. The number of hydrogen-bond donors (Lipinski definition) is 2. The van der Waals surface area contributed by atoms with Crippen LogP contribution in [0, 0.1) is 11.3 Å². The van der Waals surface area contributed by atoms with E-state index in [2.05, 4.69) is 5.16 Å². The third kappa shape index (κ3) is 2.73. The zero-order valence-electron chi connectivity index (χ0n) is 11.9. The molecule has 0 aromatic carbocycles. The van der Waals surface area contributed by atoms with Gasteiger partial charge in [0.2, 0.25) is 5.91 Å². The lowest BCUT2D eigenvalue weighted by Gasteiger charge is -2.37. The average molecular weight is 285 g/mol. The second-order valence-electron chi connectivity index (χ2n) is 5.54. The molecule has 2 aliphatic rings. The highest BCUT2D eigenvalue weighted by Crippen LogP contribution is 2.35. The first kappa shape index (κ1) is 15.1. The first-order valence-corrected chi connectivity index (χ1v) is 6.98. The zero-order valence-corrected chi connectivity index (χ0v) is 11.9. The van der Waals surface area contributed by atoms with Crippen molar-refractivity contribution in [3.05, 3.63) is 0 Å². The van der Waals surface area contributed by atoms with E-state index in [0.717, 1.165) is 6.42 Å². The Bertz CT molecular complexity index is 380. The Kier molecular flexibility index (Phi) is 4.82. The van der Waals surface area contributed by atoms with Crippen LogP contribution in [0.2, 0.25) is 0 Å². The predicted octanol–water partition coefficient (Wildman–Crippen LogP) is 0.0245. The standard InChI is InChI=1S/C13H23N3O4/c1-19-9-10-2-5-16(8-10)12(17)13(11(14)15-18)3-6-20-7-4-13/h10,18H,2-9H2,1H3,(H2,14,15). The van der Waals surface area contributed by atoms with Crippen molar-refractivity contribution < 1.29 is 19.5 Å². The van der Waals surface area contributed by atoms with Crippen molar-refractivity contribution >= 4 is 11.7 Å². The molecule has 1 amide bonds. The smallest absolute Gasteiger partial charge is 0.236 e. The molecule has 0 spiro atoms. The molecule has 20 heavy (non-hydrogen) atoms. The number of nitrogens with zero attached hydrogens (tertiary/aromatic N) is 2. The van der Waals surface area contributed by atoms with E-state index in [1.54, 1.807) is 7.11 Å². The van der Waals surface area contributed by atoms with Crippen molar-refractivity contribution in [1.29, 1.82) is 0 Å². The van der Waals surface area contributed by atoms with Gasteiger partial charge in [0.25, 0.3) is 0 Å². The third-order valence-electron chi connectivity index (χ3n) is 4.33. The molecule has 2 saturated heterocycles. The molecule has 0 saturated carbocycles. The molecule has 1 atom stereocenters. The van der Waals surface area contributed by atoms with Crippen LogP contribution in [0.1, 0.15) is 19.3 Å². The van der Waals surface area contributed by atoms with Gasteiger partial charge in [-0.2, -0.15) is 0 Å². The maximum atomic E-state index is 12.8. The fourth-order valence-corrected chi connectivity index (χ4v) is 3.09. The van der Waals surface area contributed by atoms with E-state index in [9.17, 15) is 4.79 Å². The fourth-order valence-electron chi connectivity index (χ4n) is 3.09. The van der Waals surface area contributed by atoms with Gasteiger partial charge in [0.05, 0.1) is 6.61 Å². The van der Waals surface area contributed by atoms with Crippen LogP contribution in [0.25, 0.3) is 0 Å². The summed E-state index contributed by atoms with van der Waals surface area (Å²) in [4.78, 5) is 14.6. The summed E-state index contributed by atoms with van der Waals surface area (Å²) in [5.41, 5.74) is 4.91. The minimum absolute atomic E-state index is 0.000918. The number of carbonyl (C=O) groups is 1. The monoisotopic (exact) mass is 285 g/mol. The largest absolute Gasteiger partial charge is 0.409 e. The van der Waals surface area contributed by atoms with Crippen LogP contribution in [0.4, 0.5) is 0 Å². The van der Waals surface area contributed by atoms with Crippen LogP contribution < -0.4 is 5.73 Å². The summed E-state index contributed by atoms with van der Waals surface area (Å²) in [5.74, 6) is 0.323. The molecule has 3 N–H and O–H groups in total. The highest BCUT2D eigenvalue weighted by atomic mass is 16.5. The molecule has 2 aliphatic heterocycles. The Morgan fingerprint density at radius 2 is 2.25 bits per heavy atom. The predicted molar refractivity (Wildman–Crippen MR) is 72.5 cm³/mol. The van der Waals surface area contributed by atoms with E-state index in [4.69, 9.17) is 20.4 Å². The molecule has 1 unspecified atom stereocenters. The van der Waals surface area contributed by atoms with Crippen molar-refractivity contribution in [2.24, 2.45) is 22.2 Å². The van der Waals surface area contributed by atoms with Gasteiger partial charge >= 0.3 is 0 Å². The number of amidine groups is 1. The Balaban J connectivity index is 2.12. The van der Waals surface area contributed by atoms with Gasteiger partial charge in [0, 0.05) is 39.3 Å². The number of oxime groups is 1. The topological polar surface area (TPSA) is 97.4 Å². The lowest BCUT2D eigenvalue weighted by molar-refractivity contribution is -0.141. The molecule has 0 radical (unpaired) electrons.